The molecule has 2 N–H and O–H groups in total. The molecule has 1 aliphatic rings. The molecule has 1 aromatic rings. The zero-order valence-corrected chi connectivity index (χ0v) is 7.47. The largest absolute Gasteiger partial charge is 0.508 e. The van der Waals surface area contributed by atoms with Crippen LogP contribution in [0.4, 0.5) is 5.69 Å². The molecular formula is C10H10N2O2. The Labute approximate surface area is 81.3 Å². The Balaban J connectivity index is 2.40. The summed E-state index contributed by atoms with van der Waals surface area (Å²) in [5.41, 5.74) is 1.62. The van der Waals surface area contributed by atoms with Crippen molar-refractivity contribution in [1.29, 1.82) is 0 Å². The van der Waals surface area contributed by atoms with Gasteiger partial charge in [0.25, 0.3) is 0 Å². The van der Waals surface area contributed by atoms with E-state index in [-0.39, 0.29) is 11.8 Å². The summed E-state index contributed by atoms with van der Waals surface area (Å²) in [6.07, 6.45) is 2.52. The van der Waals surface area contributed by atoms with E-state index in [4.69, 9.17) is 0 Å². The fourth-order valence-corrected chi connectivity index (χ4v) is 1.37. The van der Waals surface area contributed by atoms with Crippen LogP contribution in [0.5, 0.6) is 5.75 Å². The van der Waals surface area contributed by atoms with Crippen LogP contribution in [0, 0.1) is 0 Å². The number of nitrogens with zero attached hydrogens (tertiary/aromatic N) is 1. The van der Waals surface area contributed by atoms with Crippen molar-refractivity contribution >= 4 is 18.2 Å². The predicted octanol–water partition coefficient (Wildman–Crippen LogP) is 0.804. The highest BCUT2D eigenvalue weighted by Crippen LogP contribution is 2.22. The van der Waals surface area contributed by atoms with Crippen molar-refractivity contribution in [3.8, 4) is 5.75 Å². The van der Waals surface area contributed by atoms with Gasteiger partial charge in [-0.2, -0.15) is 0 Å². The maximum absolute atomic E-state index is 10.6. The molecule has 4 heteroatoms. The van der Waals surface area contributed by atoms with Crippen molar-refractivity contribution in [2.75, 3.05) is 11.9 Å². The Morgan fingerprint density at radius 1 is 1.57 bits per heavy atom. The van der Waals surface area contributed by atoms with Crippen LogP contribution >= 0.6 is 0 Å². The number of phenols is 1. The predicted molar refractivity (Wildman–Crippen MR) is 54.0 cm³/mol. The zero-order chi connectivity index (χ0) is 9.97. The molecule has 0 saturated carbocycles. The molecule has 1 unspecified atom stereocenters. The lowest BCUT2D eigenvalue weighted by atomic mass is 10.2. The molecule has 4 nitrogen and oxygen atoms in total. The topological polar surface area (TPSA) is 61.7 Å². The Hall–Kier alpha value is -1.84. The second-order valence-electron chi connectivity index (χ2n) is 3.15. The van der Waals surface area contributed by atoms with Crippen molar-refractivity contribution in [2.24, 2.45) is 4.99 Å². The average molecular weight is 190 g/mol. The Kier molecular flexibility index (Phi) is 2.18. The van der Waals surface area contributed by atoms with Gasteiger partial charge in [0.2, 0.25) is 0 Å². The molecule has 1 heterocycles. The van der Waals surface area contributed by atoms with Crippen molar-refractivity contribution in [1.82, 2.24) is 0 Å². The molecular weight excluding hydrogens is 180 g/mol. The van der Waals surface area contributed by atoms with Gasteiger partial charge in [-0.15, -0.1) is 0 Å². The molecule has 0 fully saturated rings. The van der Waals surface area contributed by atoms with E-state index in [2.05, 4.69) is 10.3 Å². The summed E-state index contributed by atoms with van der Waals surface area (Å²) in [5.74, 6) is 0.177. The number of aldehydes is 1. The van der Waals surface area contributed by atoms with E-state index in [1.807, 2.05) is 0 Å². The molecule has 0 saturated heterocycles. The average Bonchev–Trinajstić information content (AvgIpc) is 2.38. The van der Waals surface area contributed by atoms with Gasteiger partial charge in [0, 0.05) is 23.5 Å². The van der Waals surface area contributed by atoms with Gasteiger partial charge in [-0.25, -0.2) is 0 Å². The Bertz CT molecular complexity index is 388. The summed E-state index contributed by atoms with van der Waals surface area (Å²) in [6.45, 7) is 0.430. The van der Waals surface area contributed by atoms with Crippen molar-refractivity contribution < 1.29 is 9.90 Å². The summed E-state index contributed by atoms with van der Waals surface area (Å²) in [6, 6.07) is 4.62. The smallest absolute Gasteiger partial charge is 0.144 e. The third-order valence-corrected chi connectivity index (χ3v) is 2.07. The van der Waals surface area contributed by atoms with Crippen LogP contribution in [0.3, 0.4) is 0 Å². The van der Waals surface area contributed by atoms with Crippen molar-refractivity contribution in [2.45, 2.75) is 6.04 Å². The fraction of sp³-hybridized carbons (Fsp3) is 0.200. The maximum atomic E-state index is 10.6. The maximum Gasteiger partial charge on any atom is 0.144 e. The van der Waals surface area contributed by atoms with Crippen molar-refractivity contribution in [3.05, 3.63) is 23.8 Å². The van der Waals surface area contributed by atoms with Gasteiger partial charge < -0.3 is 15.2 Å². The third kappa shape index (κ3) is 1.59. The second-order valence-corrected chi connectivity index (χ2v) is 3.15. The fourth-order valence-electron chi connectivity index (χ4n) is 1.37. The highest BCUT2D eigenvalue weighted by molar-refractivity contribution is 5.90. The first-order chi connectivity index (χ1) is 6.79. The number of nitrogens with one attached hydrogen (secondary N) is 1. The van der Waals surface area contributed by atoms with Gasteiger partial charge in [0.15, 0.2) is 0 Å². The normalized spacial score (nSPS) is 19.3. The van der Waals surface area contributed by atoms with Crippen LogP contribution in [0.15, 0.2) is 23.2 Å². The van der Waals surface area contributed by atoms with Crippen LogP contribution < -0.4 is 5.32 Å². The van der Waals surface area contributed by atoms with Crippen LogP contribution in [-0.2, 0) is 4.79 Å². The number of aliphatic imine (C=N–C) groups is 1. The second kappa shape index (κ2) is 3.49. The first-order valence-electron chi connectivity index (χ1n) is 4.34. The summed E-state index contributed by atoms with van der Waals surface area (Å²) in [5, 5.41) is 12.3. The monoisotopic (exact) mass is 190 g/mol. The Morgan fingerprint density at radius 2 is 2.43 bits per heavy atom. The van der Waals surface area contributed by atoms with E-state index in [0.717, 1.165) is 17.5 Å². The van der Waals surface area contributed by atoms with Crippen LogP contribution in [0.2, 0.25) is 0 Å². The van der Waals surface area contributed by atoms with E-state index in [1.54, 1.807) is 24.4 Å². The molecule has 0 aliphatic carbocycles. The molecule has 1 aliphatic heterocycles. The van der Waals surface area contributed by atoms with Crippen molar-refractivity contribution in [3.63, 3.8) is 0 Å². The molecule has 0 amide bonds. The third-order valence-electron chi connectivity index (χ3n) is 2.07. The summed E-state index contributed by atoms with van der Waals surface area (Å²) >= 11 is 0. The molecule has 14 heavy (non-hydrogen) atoms. The number of benzene rings is 1. The van der Waals surface area contributed by atoms with Gasteiger partial charge in [0.1, 0.15) is 18.1 Å². The van der Waals surface area contributed by atoms with E-state index < -0.39 is 0 Å². The molecule has 1 aromatic carbocycles. The molecule has 2 rings (SSSR count). The zero-order valence-electron chi connectivity index (χ0n) is 7.47. The molecule has 1 atom stereocenters. The highest BCUT2D eigenvalue weighted by Gasteiger charge is 2.12. The molecule has 72 valence electrons. The van der Waals surface area contributed by atoms with Gasteiger partial charge >= 0.3 is 0 Å². The van der Waals surface area contributed by atoms with Crippen LogP contribution in [-0.4, -0.2) is 30.2 Å². The lowest BCUT2D eigenvalue weighted by Crippen LogP contribution is -2.23. The van der Waals surface area contributed by atoms with E-state index >= 15 is 0 Å². The van der Waals surface area contributed by atoms with Gasteiger partial charge in [-0.1, -0.05) is 0 Å². The molecule has 0 bridgehead atoms. The number of phenolic OH excluding ortho intramolecular Hbond substituents is 1. The van der Waals surface area contributed by atoms with E-state index in [1.165, 1.54) is 0 Å². The molecule has 0 spiro atoms. The summed E-state index contributed by atoms with van der Waals surface area (Å²) in [7, 11) is 0. The summed E-state index contributed by atoms with van der Waals surface area (Å²) in [4.78, 5) is 14.7. The number of benzodiazepines with no additional fused rings is 1. The molecule has 0 aromatic heterocycles. The number of fused-ring (bicyclic) bond motifs is 1. The number of carbonyl (C=O) groups excluding carboxylic acids is 1. The lowest BCUT2D eigenvalue weighted by Gasteiger charge is -2.10. The number of anilines is 1. The van der Waals surface area contributed by atoms with Gasteiger partial charge in [-0.05, 0) is 12.1 Å². The van der Waals surface area contributed by atoms with E-state index in [9.17, 15) is 9.90 Å². The number of hydrogen-bond acceptors (Lipinski definition) is 4. The minimum absolute atomic E-state index is 0.177. The highest BCUT2D eigenvalue weighted by atomic mass is 16.3. The quantitative estimate of drug-likeness (QED) is 0.644. The van der Waals surface area contributed by atoms with Gasteiger partial charge in [-0.3, -0.25) is 4.99 Å². The van der Waals surface area contributed by atoms with Gasteiger partial charge in [0.05, 0.1) is 6.54 Å². The molecule has 0 radical (unpaired) electrons. The number of hydrogen-bond donors (Lipinski definition) is 2. The first kappa shape index (κ1) is 8.74. The first-order valence-corrected chi connectivity index (χ1v) is 4.34. The number of rotatable bonds is 1. The van der Waals surface area contributed by atoms with E-state index in [0.29, 0.717) is 6.54 Å². The minimum Gasteiger partial charge on any atom is -0.508 e. The SMILES string of the molecule is O=CC1CN=Cc2ccc(O)cc2N1. The lowest BCUT2D eigenvalue weighted by molar-refractivity contribution is -0.108. The minimum atomic E-state index is -0.311. The van der Waals surface area contributed by atoms with Crippen LogP contribution in [0.25, 0.3) is 0 Å². The Morgan fingerprint density at radius 3 is 3.21 bits per heavy atom. The number of carbonyl (C=O) groups is 1. The summed E-state index contributed by atoms with van der Waals surface area (Å²) < 4.78 is 0. The van der Waals surface area contributed by atoms with Crippen LogP contribution in [0.1, 0.15) is 5.56 Å². The number of aromatic hydroxyl groups is 1. The standard InChI is InChI=1S/C10H10N2O2/c13-6-8-5-11-4-7-1-2-9(14)3-10(7)12-8/h1-4,6,8,12,14H,5H2.